The molecule has 0 saturated carbocycles. The maximum absolute atomic E-state index is 12.3. The van der Waals surface area contributed by atoms with E-state index >= 15 is 0 Å². The van der Waals surface area contributed by atoms with Gasteiger partial charge in [0.2, 0.25) is 5.91 Å². The Labute approximate surface area is 148 Å². The number of fused-ring (bicyclic) bond motifs is 1. The van der Waals surface area contributed by atoms with Crippen LogP contribution in [0.4, 0.5) is 0 Å². The zero-order valence-electron chi connectivity index (χ0n) is 14.6. The van der Waals surface area contributed by atoms with Gasteiger partial charge in [-0.25, -0.2) is 0 Å². The number of nitrogens with one attached hydrogen (secondary N) is 1. The monoisotopic (exact) mass is 337 g/mol. The molecule has 1 atom stereocenters. The minimum Gasteiger partial charge on any atom is -0.486 e. The maximum Gasteiger partial charge on any atom is 0.244 e. The van der Waals surface area contributed by atoms with Gasteiger partial charge in [0.05, 0.1) is 6.04 Å². The predicted octanol–water partition coefficient (Wildman–Crippen LogP) is 4.05. The summed E-state index contributed by atoms with van der Waals surface area (Å²) in [6, 6.07) is 13.8. The van der Waals surface area contributed by atoms with Gasteiger partial charge in [0.25, 0.3) is 0 Å². The Hall–Kier alpha value is -2.75. The molecule has 1 N–H and O–H groups in total. The average molecular weight is 337 g/mol. The van der Waals surface area contributed by atoms with Crippen molar-refractivity contribution in [2.75, 3.05) is 13.2 Å². The molecule has 130 valence electrons. The molecule has 4 nitrogen and oxygen atoms in total. The first-order valence-corrected chi connectivity index (χ1v) is 8.60. The second-order valence-corrected chi connectivity index (χ2v) is 6.12. The first-order valence-electron chi connectivity index (χ1n) is 8.60. The number of hydrogen-bond donors (Lipinski definition) is 1. The van der Waals surface area contributed by atoms with E-state index in [-0.39, 0.29) is 11.9 Å². The van der Waals surface area contributed by atoms with Crippen LogP contribution in [0.5, 0.6) is 11.5 Å². The van der Waals surface area contributed by atoms with Gasteiger partial charge in [0.15, 0.2) is 11.5 Å². The van der Waals surface area contributed by atoms with Crippen LogP contribution >= 0.6 is 0 Å². The largest absolute Gasteiger partial charge is 0.486 e. The van der Waals surface area contributed by atoms with E-state index < -0.39 is 0 Å². The summed E-state index contributed by atoms with van der Waals surface area (Å²) in [5, 5.41) is 3.05. The highest BCUT2D eigenvalue weighted by Crippen LogP contribution is 2.33. The Morgan fingerprint density at radius 2 is 1.84 bits per heavy atom. The molecule has 1 unspecified atom stereocenters. The quantitative estimate of drug-likeness (QED) is 0.838. The number of hydrogen-bond acceptors (Lipinski definition) is 3. The van der Waals surface area contributed by atoms with E-state index in [1.54, 1.807) is 6.08 Å². The minimum atomic E-state index is -0.109. The standard InChI is InChI=1S/C21H23NO3/c1-3-18(17-9-10-19-20(14-17)25-13-12-24-19)22-21(23)11-8-16-6-4-15(2)5-7-16/h4-11,14,18H,3,12-13H2,1-2H3,(H,22,23). The van der Waals surface area contributed by atoms with Crippen LogP contribution in [0.25, 0.3) is 6.08 Å². The van der Waals surface area contributed by atoms with Gasteiger partial charge in [-0.3, -0.25) is 4.79 Å². The van der Waals surface area contributed by atoms with Crippen molar-refractivity contribution >= 4 is 12.0 Å². The highest BCUT2D eigenvalue weighted by atomic mass is 16.6. The second kappa shape index (κ2) is 7.88. The lowest BCUT2D eigenvalue weighted by atomic mass is 10.0. The smallest absolute Gasteiger partial charge is 0.244 e. The third-order valence-electron chi connectivity index (χ3n) is 4.20. The van der Waals surface area contributed by atoms with E-state index in [1.165, 1.54) is 5.56 Å². The summed E-state index contributed by atoms with van der Waals surface area (Å²) in [6.07, 6.45) is 4.19. The van der Waals surface area contributed by atoms with E-state index in [4.69, 9.17) is 9.47 Å². The van der Waals surface area contributed by atoms with Gasteiger partial charge in [0.1, 0.15) is 13.2 Å². The lowest BCUT2D eigenvalue weighted by Gasteiger charge is -2.22. The topological polar surface area (TPSA) is 47.6 Å². The molecule has 0 spiro atoms. The molecule has 25 heavy (non-hydrogen) atoms. The van der Waals surface area contributed by atoms with Gasteiger partial charge in [-0.2, -0.15) is 0 Å². The van der Waals surface area contributed by atoms with Crippen molar-refractivity contribution in [3.8, 4) is 11.5 Å². The van der Waals surface area contributed by atoms with Crippen LogP contribution in [0, 0.1) is 6.92 Å². The number of benzene rings is 2. The fourth-order valence-corrected chi connectivity index (χ4v) is 2.77. The molecule has 3 rings (SSSR count). The van der Waals surface area contributed by atoms with Gasteiger partial charge in [-0.15, -0.1) is 0 Å². The molecular formula is C21H23NO3. The Morgan fingerprint density at radius 1 is 1.12 bits per heavy atom. The highest BCUT2D eigenvalue weighted by molar-refractivity contribution is 5.92. The number of rotatable bonds is 5. The molecule has 2 aromatic carbocycles. The lowest BCUT2D eigenvalue weighted by Crippen LogP contribution is -2.26. The van der Waals surface area contributed by atoms with Gasteiger partial charge in [-0.1, -0.05) is 42.8 Å². The summed E-state index contributed by atoms with van der Waals surface area (Å²) in [4.78, 5) is 12.3. The van der Waals surface area contributed by atoms with E-state index in [1.807, 2.05) is 62.4 Å². The summed E-state index contributed by atoms with van der Waals surface area (Å²) < 4.78 is 11.2. The molecule has 2 aromatic rings. The van der Waals surface area contributed by atoms with Gasteiger partial charge in [0, 0.05) is 6.08 Å². The van der Waals surface area contributed by atoms with Crippen LogP contribution in [0.3, 0.4) is 0 Å². The van der Waals surface area contributed by atoms with E-state index in [0.29, 0.717) is 13.2 Å². The lowest BCUT2D eigenvalue weighted by molar-refractivity contribution is -0.117. The predicted molar refractivity (Wildman–Crippen MR) is 98.8 cm³/mol. The van der Waals surface area contributed by atoms with Crippen LogP contribution in [-0.2, 0) is 4.79 Å². The first kappa shape index (κ1) is 17.1. The molecule has 1 aliphatic rings. The van der Waals surface area contributed by atoms with Crippen molar-refractivity contribution < 1.29 is 14.3 Å². The number of aryl methyl sites for hydroxylation is 1. The number of carbonyl (C=O) groups is 1. The highest BCUT2D eigenvalue weighted by Gasteiger charge is 2.16. The van der Waals surface area contributed by atoms with Crippen molar-refractivity contribution in [3.63, 3.8) is 0 Å². The summed E-state index contributed by atoms with van der Waals surface area (Å²) in [5.41, 5.74) is 3.23. The maximum atomic E-state index is 12.3. The zero-order valence-corrected chi connectivity index (χ0v) is 14.6. The molecule has 1 amide bonds. The third kappa shape index (κ3) is 4.41. The molecular weight excluding hydrogens is 314 g/mol. The normalized spacial score (nSPS) is 14.3. The minimum absolute atomic E-state index is 0.0639. The Morgan fingerprint density at radius 3 is 2.56 bits per heavy atom. The fraction of sp³-hybridized carbons (Fsp3) is 0.286. The average Bonchev–Trinajstić information content (AvgIpc) is 2.65. The number of ether oxygens (including phenoxy) is 2. The number of amides is 1. The molecule has 0 aliphatic carbocycles. The van der Waals surface area contributed by atoms with E-state index in [0.717, 1.165) is 29.0 Å². The van der Waals surface area contributed by atoms with Crippen LogP contribution in [-0.4, -0.2) is 19.1 Å². The second-order valence-electron chi connectivity index (χ2n) is 6.12. The van der Waals surface area contributed by atoms with Crippen LogP contribution in [0.1, 0.15) is 36.1 Å². The summed E-state index contributed by atoms with van der Waals surface area (Å²) in [6.45, 7) is 5.22. The Kier molecular flexibility index (Phi) is 5.39. The van der Waals surface area contributed by atoms with Gasteiger partial charge < -0.3 is 14.8 Å². The Bertz CT molecular complexity index is 765. The van der Waals surface area contributed by atoms with Crippen molar-refractivity contribution in [1.29, 1.82) is 0 Å². The Balaban J connectivity index is 1.67. The van der Waals surface area contributed by atoms with Crippen molar-refractivity contribution in [3.05, 3.63) is 65.2 Å². The molecule has 4 heteroatoms. The van der Waals surface area contributed by atoms with E-state index in [2.05, 4.69) is 5.32 Å². The van der Waals surface area contributed by atoms with Crippen LogP contribution in [0.2, 0.25) is 0 Å². The molecule has 0 aromatic heterocycles. The summed E-state index contributed by atoms with van der Waals surface area (Å²) in [7, 11) is 0. The van der Waals surface area contributed by atoms with E-state index in [9.17, 15) is 4.79 Å². The SMILES string of the molecule is CCC(NC(=O)C=Cc1ccc(C)cc1)c1ccc2c(c1)OCCO2. The zero-order chi connectivity index (χ0) is 17.6. The molecule has 0 bridgehead atoms. The summed E-state index contributed by atoms with van der Waals surface area (Å²) in [5.74, 6) is 1.39. The van der Waals surface area contributed by atoms with Crippen molar-refractivity contribution in [2.45, 2.75) is 26.3 Å². The molecule has 1 aliphatic heterocycles. The van der Waals surface area contributed by atoms with Crippen molar-refractivity contribution in [2.24, 2.45) is 0 Å². The fourth-order valence-electron chi connectivity index (χ4n) is 2.77. The molecule has 0 radical (unpaired) electrons. The first-order chi connectivity index (χ1) is 12.2. The van der Waals surface area contributed by atoms with Crippen molar-refractivity contribution in [1.82, 2.24) is 5.32 Å². The van der Waals surface area contributed by atoms with Gasteiger partial charge in [-0.05, 0) is 42.7 Å². The molecule has 0 saturated heterocycles. The third-order valence-corrected chi connectivity index (χ3v) is 4.20. The molecule has 0 fully saturated rings. The summed E-state index contributed by atoms with van der Waals surface area (Å²) >= 11 is 0. The van der Waals surface area contributed by atoms with Crippen LogP contribution < -0.4 is 14.8 Å². The van der Waals surface area contributed by atoms with Crippen LogP contribution in [0.15, 0.2) is 48.5 Å². The van der Waals surface area contributed by atoms with Gasteiger partial charge >= 0.3 is 0 Å². The molecule has 1 heterocycles. The number of carbonyl (C=O) groups excluding carboxylic acids is 1.